The largest absolute Gasteiger partial charge is 0.504 e. The molecule has 7 nitrogen and oxygen atoms in total. The van der Waals surface area contributed by atoms with E-state index < -0.39 is 5.63 Å². The fourth-order valence-electron chi connectivity index (χ4n) is 2.85. The molecule has 3 heterocycles. The minimum absolute atomic E-state index is 0.116. The third-order valence-corrected chi connectivity index (χ3v) is 3.91. The number of aromatic hydroxyl groups is 2. The van der Waals surface area contributed by atoms with Gasteiger partial charge in [-0.05, 0) is 12.1 Å². The van der Waals surface area contributed by atoms with E-state index in [0.29, 0.717) is 27.9 Å². The molecule has 1 aliphatic rings. The van der Waals surface area contributed by atoms with Gasteiger partial charge >= 0.3 is 5.63 Å². The lowest BCUT2D eigenvalue weighted by atomic mass is 10.1. The summed E-state index contributed by atoms with van der Waals surface area (Å²) in [6, 6.07) is 5.76. The third-order valence-electron chi connectivity index (χ3n) is 3.91. The summed E-state index contributed by atoms with van der Waals surface area (Å²) in [5.74, 6) is 0.346. The summed E-state index contributed by atoms with van der Waals surface area (Å²) in [6.45, 7) is 0.116. The Morgan fingerprint density at radius 2 is 1.52 bits per heavy atom. The van der Waals surface area contributed by atoms with Crippen LogP contribution in [0.15, 0.2) is 37.9 Å². The van der Waals surface area contributed by atoms with Gasteiger partial charge in [-0.25, -0.2) is 4.79 Å². The molecule has 0 unspecified atom stereocenters. The van der Waals surface area contributed by atoms with E-state index in [1.807, 2.05) is 0 Å². The second-order valence-corrected chi connectivity index (χ2v) is 5.23. The van der Waals surface area contributed by atoms with Crippen LogP contribution >= 0.6 is 0 Å². The molecular weight excluding hydrogens is 304 g/mol. The highest BCUT2D eigenvalue weighted by Crippen LogP contribution is 2.41. The zero-order chi connectivity index (χ0) is 15.7. The van der Waals surface area contributed by atoms with Gasteiger partial charge in [0, 0.05) is 17.5 Å². The van der Waals surface area contributed by atoms with Crippen molar-refractivity contribution in [2.45, 2.75) is 0 Å². The predicted octanol–water partition coefficient (Wildman–Crippen LogP) is 2.83. The summed E-state index contributed by atoms with van der Waals surface area (Å²) >= 11 is 0. The first-order valence-corrected chi connectivity index (χ1v) is 6.76. The van der Waals surface area contributed by atoms with Crippen molar-refractivity contribution in [1.29, 1.82) is 0 Å². The average Bonchev–Trinajstić information content (AvgIpc) is 3.10. The number of fused-ring (bicyclic) bond motifs is 6. The lowest BCUT2D eigenvalue weighted by Crippen LogP contribution is -1.98. The number of hydrogen-bond donors (Lipinski definition) is 2. The fourth-order valence-corrected chi connectivity index (χ4v) is 2.85. The molecule has 0 radical (unpaired) electrons. The van der Waals surface area contributed by atoms with Gasteiger partial charge in [0.1, 0.15) is 16.6 Å². The normalized spacial score (nSPS) is 13.4. The fraction of sp³-hybridized carbons (Fsp3) is 0.0625. The summed E-state index contributed by atoms with van der Waals surface area (Å²) in [5, 5.41) is 20.4. The molecule has 2 aromatic heterocycles. The van der Waals surface area contributed by atoms with Gasteiger partial charge in [0.25, 0.3) is 0 Å². The molecule has 1 aliphatic heterocycles. The van der Waals surface area contributed by atoms with Crippen LogP contribution in [0, 0.1) is 0 Å². The van der Waals surface area contributed by atoms with Crippen LogP contribution in [-0.2, 0) is 0 Å². The minimum Gasteiger partial charge on any atom is -0.504 e. The van der Waals surface area contributed by atoms with Gasteiger partial charge in [0.2, 0.25) is 6.79 Å². The van der Waals surface area contributed by atoms with Crippen LogP contribution in [0.1, 0.15) is 0 Å². The quantitative estimate of drug-likeness (QED) is 0.380. The van der Waals surface area contributed by atoms with E-state index >= 15 is 0 Å². The molecule has 0 bridgehead atoms. The first-order valence-electron chi connectivity index (χ1n) is 6.76. The van der Waals surface area contributed by atoms with Crippen LogP contribution in [0.2, 0.25) is 0 Å². The summed E-state index contributed by atoms with van der Waals surface area (Å²) in [6.07, 6.45) is 0. The number of furan rings is 1. The Balaban J connectivity index is 2.01. The molecule has 23 heavy (non-hydrogen) atoms. The van der Waals surface area contributed by atoms with Crippen molar-refractivity contribution in [3.63, 3.8) is 0 Å². The Bertz CT molecular complexity index is 1180. The van der Waals surface area contributed by atoms with Crippen molar-refractivity contribution < 1.29 is 28.5 Å². The number of ether oxygens (including phenoxy) is 2. The molecule has 4 aromatic rings. The Labute approximate surface area is 126 Å². The molecule has 114 valence electrons. The van der Waals surface area contributed by atoms with E-state index in [4.69, 9.17) is 18.3 Å². The maximum absolute atomic E-state index is 12.3. The van der Waals surface area contributed by atoms with Crippen molar-refractivity contribution >= 4 is 32.9 Å². The second kappa shape index (κ2) is 3.89. The molecule has 7 heteroatoms. The molecule has 0 amide bonds. The van der Waals surface area contributed by atoms with Gasteiger partial charge < -0.3 is 28.5 Å². The van der Waals surface area contributed by atoms with Crippen molar-refractivity contribution in [3.8, 4) is 23.0 Å². The highest BCUT2D eigenvalue weighted by molar-refractivity contribution is 6.13. The van der Waals surface area contributed by atoms with E-state index in [2.05, 4.69) is 0 Å². The molecule has 2 aromatic carbocycles. The molecule has 0 aliphatic carbocycles. The van der Waals surface area contributed by atoms with Crippen LogP contribution in [0.4, 0.5) is 0 Å². The van der Waals surface area contributed by atoms with Crippen LogP contribution in [0.25, 0.3) is 32.9 Å². The van der Waals surface area contributed by atoms with E-state index in [9.17, 15) is 15.0 Å². The van der Waals surface area contributed by atoms with Gasteiger partial charge in [-0.2, -0.15) is 0 Å². The maximum Gasteiger partial charge on any atom is 0.348 e. The van der Waals surface area contributed by atoms with Gasteiger partial charge in [0.05, 0.1) is 5.39 Å². The summed E-state index contributed by atoms with van der Waals surface area (Å²) in [4.78, 5) is 12.3. The van der Waals surface area contributed by atoms with Gasteiger partial charge in [-0.15, -0.1) is 0 Å². The molecule has 0 fully saturated rings. The first kappa shape index (κ1) is 12.2. The Morgan fingerprint density at radius 1 is 0.826 bits per heavy atom. The highest BCUT2D eigenvalue weighted by atomic mass is 16.7. The Morgan fingerprint density at radius 3 is 2.35 bits per heavy atom. The monoisotopic (exact) mass is 312 g/mol. The Hall–Kier alpha value is -3.35. The molecule has 0 saturated carbocycles. The number of rotatable bonds is 0. The maximum atomic E-state index is 12.3. The van der Waals surface area contributed by atoms with Crippen molar-refractivity contribution in [2.24, 2.45) is 0 Å². The minimum atomic E-state index is -0.602. The number of phenols is 2. The van der Waals surface area contributed by atoms with E-state index in [0.717, 1.165) is 0 Å². The second-order valence-electron chi connectivity index (χ2n) is 5.23. The van der Waals surface area contributed by atoms with Crippen LogP contribution in [-0.4, -0.2) is 17.0 Å². The zero-order valence-corrected chi connectivity index (χ0v) is 11.5. The van der Waals surface area contributed by atoms with Crippen LogP contribution in [0.3, 0.4) is 0 Å². The van der Waals surface area contributed by atoms with Crippen molar-refractivity contribution in [3.05, 3.63) is 34.7 Å². The highest BCUT2D eigenvalue weighted by Gasteiger charge is 2.22. The van der Waals surface area contributed by atoms with Crippen LogP contribution < -0.4 is 15.1 Å². The van der Waals surface area contributed by atoms with Gasteiger partial charge in [-0.3, -0.25) is 0 Å². The molecule has 5 rings (SSSR count). The van der Waals surface area contributed by atoms with Crippen LogP contribution in [0.5, 0.6) is 23.0 Å². The average molecular weight is 312 g/mol. The number of hydrogen-bond acceptors (Lipinski definition) is 7. The molecule has 0 saturated heterocycles. The van der Waals surface area contributed by atoms with E-state index in [1.165, 1.54) is 12.1 Å². The SMILES string of the molecule is O=c1oc2cc(O)c(O)cc2c2oc3cc4c(cc3c12)OCO4. The molecular formula is C16H8O7. The number of benzene rings is 2. The molecule has 0 atom stereocenters. The molecule has 0 spiro atoms. The third kappa shape index (κ3) is 1.50. The van der Waals surface area contributed by atoms with Crippen molar-refractivity contribution in [2.75, 3.05) is 6.79 Å². The van der Waals surface area contributed by atoms with Crippen molar-refractivity contribution in [1.82, 2.24) is 0 Å². The summed E-state index contributed by atoms with van der Waals surface area (Å²) < 4.78 is 21.6. The van der Waals surface area contributed by atoms with E-state index in [1.54, 1.807) is 12.1 Å². The smallest absolute Gasteiger partial charge is 0.348 e. The van der Waals surface area contributed by atoms with E-state index in [-0.39, 0.29) is 34.8 Å². The predicted molar refractivity (Wildman–Crippen MR) is 79.2 cm³/mol. The topological polar surface area (TPSA) is 102 Å². The van der Waals surface area contributed by atoms with Gasteiger partial charge in [0.15, 0.2) is 28.6 Å². The van der Waals surface area contributed by atoms with Gasteiger partial charge in [-0.1, -0.05) is 0 Å². The summed E-state index contributed by atoms with van der Waals surface area (Å²) in [5.41, 5.74) is 0.231. The molecule has 2 N–H and O–H groups in total. The zero-order valence-electron chi connectivity index (χ0n) is 11.5. The lowest BCUT2D eigenvalue weighted by molar-refractivity contribution is 0.174. The first-order chi connectivity index (χ1) is 11.1. The lowest BCUT2D eigenvalue weighted by Gasteiger charge is -2.00. The standard InChI is InChI=1S/C16H8O7/c17-8-1-7-10(3-9(8)18)23-16(19)14-6-2-12-13(21-5-20-12)4-11(6)22-15(7)14/h1-4,17-18H,5H2. The number of phenolic OH excluding ortho intramolecular Hbond substituents is 2. The summed E-state index contributed by atoms with van der Waals surface area (Å²) in [7, 11) is 0. The Kier molecular flexibility index (Phi) is 2.07.